The second-order valence-electron chi connectivity index (χ2n) is 20.2. The lowest BCUT2D eigenvalue weighted by Gasteiger charge is -2.49. The van der Waals surface area contributed by atoms with Gasteiger partial charge in [0.1, 0.15) is 59.2 Å². The Kier molecular flexibility index (Phi) is 13.2. The van der Waals surface area contributed by atoms with Crippen molar-refractivity contribution in [3.63, 3.8) is 0 Å². The number of aliphatic hydroxyl groups is 1. The summed E-state index contributed by atoms with van der Waals surface area (Å²) >= 11 is 8.62. The molecule has 6 aliphatic rings. The molecule has 65 heavy (non-hydrogen) atoms. The van der Waals surface area contributed by atoms with E-state index >= 15 is 0 Å². The number of ether oxygens (including phenoxy) is 5. The maximum atomic E-state index is 15.0. The van der Waals surface area contributed by atoms with Gasteiger partial charge in [0.05, 0.1) is 36.5 Å². The minimum Gasteiger partial charge on any atom is -0.491 e. The van der Waals surface area contributed by atoms with Crippen molar-refractivity contribution >= 4 is 56.9 Å². The van der Waals surface area contributed by atoms with E-state index in [-0.39, 0.29) is 36.9 Å². The van der Waals surface area contributed by atoms with Gasteiger partial charge in [0.25, 0.3) is 0 Å². The van der Waals surface area contributed by atoms with Gasteiger partial charge in [-0.05, 0) is 81.3 Å². The molecule has 5 heterocycles. The average Bonchev–Trinajstić information content (AvgIpc) is 3.94. The molecule has 2 aromatic heterocycles. The maximum absolute atomic E-state index is 15.0. The molecule has 3 saturated carbocycles. The molecule has 3 aliphatic carbocycles. The van der Waals surface area contributed by atoms with Crippen LogP contribution < -0.4 is 25.4 Å². The quantitative estimate of drug-likeness (QED) is 0.119. The molecule has 16 nitrogen and oxygen atoms in total. The molecule has 0 spiro atoms. The summed E-state index contributed by atoms with van der Waals surface area (Å²) in [4.78, 5) is 56.9. The number of hydrogen-bond donors (Lipinski definition) is 4. The topological polar surface area (TPSA) is 189 Å². The number of hydrogen-bond acceptors (Lipinski definition) is 14. The van der Waals surface area contributed by atoms with Crippen LogP contribution in [0.4, 0.5) is 9.93 Å². The van der Waals surface area contributed by atoms with Gasteiger partial charge in [0.15, 0.2) is 11.4 Å². The number of morpholine rings is 1. The Morgan fingerprint density at radius 2 is 1.80 bits per heavy atom. The zero-order valence-corrected chi connectivity index (χ0v) is 39.8. The Labute approximate surface area is 389 Å². The number of alkyl carbamates (subject to hydrolysis) is 1. The van der Waals surface area contributed by atoms with E-state index < -0.39 is 53.5 Å². The molecule has 18 heteroatoms. The predicted molar refractivity (Wildman–Crippen MR) is 246 cm³/mol. The highest BCUT2D eigenvalue weighted by Gasteiger charge is 2.63. The fourth-order valence-corrected chi connectivity index (χ4v) is 11.5. The first-order valence-corrected chi connectivity index (χ1v) is 24.7. The number of thiazole rings is 1. The molecule has 6 fully saturated rings. The van der Waals surface area contributed by atoms with Gasteiger partial charge in [-0.2, -0.15) is 0 Å². The van der Waals surface area contributed by atoms with Gasteiger partial charge in [-0.25, -0.2) is 14.8 Å². The Balaban J connectivity index is 1.02. The van der Waals surface area contributed by atoms with Crippen LogP contribution >= 0.6 is 22.9 Å². The fraction of sp³-hybridized carbons (Fsp3) is 0.681. The number of aromatic nitrogens is 2. The number of aliphatic hydroxyl groups excluding tert-OH is 1. The number of pyridine rings is 1. The number of anilines is 1. The molecular weight excluding hydrogens is 874 g/mol. The molecule has 0 bridgehead atoms. The number of rotatable bonds is 16. The van der Waals surface area contributed by atoms with Crippen LogP contribution in [0.2, 0.25) is 5.02 Å². The summed E-state index contributed by atoms with van der Waals surface area (Å²) in [6.07, 6.45) is 2.41. The standard InChI is InChI=1S/C47H64ClN7O9S/c1-7-28-10-11-47(28,40-43(58)64-40)53-41(56)34-21-30(23-55(34)42(57)39(46(4,5)6)52-45(59)63-29-19-26-18-27(26)20-29)62-36-22-32(33-24-65-44(51-33)49-25(2)3)50-38-31(36)8-9-35(37(38)48)61-17-14-54-12-15-60-16-13-54/h8-9,22,24-30,34,39-40,43,58H,7,10-21,23H2,1-6H3,(H,49,51)(H,52,59)(H,53,56). The molecule has 3 amide bonds. The van der Waals surface area contributed by atoms with Crippen LogP contribution in [0.3, 0.4) is 0 Å². The SMILES string of the molecule is CCC1CCC1(NC(=O)C1CC(Oc2cc(-c3csc(NC(C)C)n3)nc3c(Cl)c(OCCN4CCOCC4)ccc23)CN1C(=O)C(NC(=O)OC1CC2CC2C1)C(C)(C)C)C1OC1O. The van der Waals surface area contributed by atoms with Gasteiger partial charge in [-0.15, -0.1) is 11.3 Å². The number of epoxide rings is 1. The van der Waals surface area contributed by atoms with Crippen molar-refractivity contribution in [3.05, 3.63) is 28.6 Å². The molecule has 9 unspecified atom stereocenters. The highest BCUT2D eigenvalue weighted by atomic mass is 35.5. The molecule has 3 saturated heterocycles. The van der Waals surface area contributed by atoms with Crippen LogP contribution in [0.15, 0.2) is 23.6 Å². The molecule has 9 rings (SSSR count). The summed E-state index contributed by atoms with van der Waals surface area (Å²) < 4.78 is 30.1. The molecule has 4 N–H and O–H groups in total. The van der Waals surface area contributed by atoms with Crippen molar-refractivity contribution in [2.24, 2.45) is 23.2 Å². The molecule has 0 radical (unpaired) electrons. The number of nitrogens with one attached hydrogen (secondary N) is 3. The number of nitrogens with zero attached hydrogens (tertiary/aromatic N) is 4. The van der Waals surface area contributed by atoms with Gasteiger partial charge in [0.2, 0.25) is 11.8 Å². The van der Waals surface area contributed by atoms with Crippen molar-refractivity contribution < 1.29 is 43.2 Å². The van der Waals surface area contributed by atoms with E-state index in [1.54, 1.807) is 4.90 Å². The van der Waals surface area contributed by atoms with Crippen LogP contribution in [0.25, 0.3) is 22.3 Å². The first kappa shape index (κ1) is 46.1. The van der Waals surface area contributed by atoms with Gasteiger partial charge in [-0.3, -0.25) is 14.5 Å². The van der Waals surface area contributed by atoms with Crippen LogP contribution in [-0.2, 0) is 23.8 Å². The second-order valence-corrected chi connectivity index (χ2v) is 21.5. The first-order valence-electron chi connectivity index (χ1n) is 23.5. The lowest BCUT2D eigenvalue weighted by Crippen LogP contribution is -2.67. The Morgan fingerprint density at radius 1 is 1.05 bits per heavy atom. The third-order valence-electron chi connectivity index (χ3n) is 14.2. The monoisotopic (exact) mass is 937 g/mol. The van der Waals surface area contributed by atoms with Crippen molar-refractivity contribution in [1.29, 1.82) is 0 Å². The van der Waals surface area contributed by atoms with Crippen molar-refractivity contribution in [1.82, 2.24) is 30.4 Å². The van der Waals surface area contributed by atoms with Crippen LogP contribution in [0.1, 0.15) is 86.5 Å². The zero-order chi connectivity index (χ0) is 45.8. The number of likely N-dealkylation sites (tertiary alicyclic amines) is 1. The molecule has 9 atom stereocenters. The van der Waals surface area contributed by atoms with Crippen LogP contribution in [-0.4, -0.2) is 137 Å². The van der Waals surface area contributed by atoms with E-state index in [1.165, 1.54) is 17.8 Å². The van der Waals surface area contributed by atoms with Gasteiger partial charge < -0.3 is 49.6 Å². The smallest absolute Gasteiger partial charge is 0.408 e. The summed E-state index contributed by atoms with van der Waals surface area (Å²) in [7, 11) is 0. The lowest BCUT2D eigenvalue weighted by molar-refractivity contribution is -0.144. The third-order valence-corrected chi connectivity index (χ3v) is 15.4. The average molecular weight is 939 g/mol. The summed E-state index contributed by atoms with van der Waals surface area (Å²) in [5.74, 6) is 1.51. The second kappa shape index (κ2) is 18.6. The molecular formula is C47H64ClN7O9S. The molecule has 3 aliphatic heterocycles. The Morgan fingerprint density at radius 3 is 2.46 bits per heavy atom. The van der Waals surface area contributed by atoms with E-state index in [0.29, 0.717) is 76.9 Å². The number of carbonyl (C=O) groups excluding carboxylic acids is 3. The van der Waals surface area contributed by atoms with Crippen molar-refractivity contribution in [2.45, 2.75) is 135 Å². The highest BCUT2D eigenvalue weighted by Crippen LogP contribution is 2.53. The summed E-state index contributed by atoms with van der Waals surface area (Å²) in [5, 5.41) is 23.6. The van der Waals surface area contributed by atoms with Gasteiger partial charge >= 0.3 is 6.09 Å². The zero-order valence-electron chi connectivity index (χ0n) is 38.3. The lowest BCUT2D eigenvalue weighted by atomic mass is 9.63. The van der Waals surface area contributed by atoms with Crippen LogP contribution in [0, 0.1) is 23.2 Å². The largest absolute Gasteiger partial charge is 0.491 e. The molecule has 3 aromatic rings. The van der Waals surface area contributed by atoms with Crippen molar-refractivity contribution in [2.75, 3.05) is 51.3 Å². The van der Waals surface area contributed by atoms with Crippen LogP contribution in [0.5, 0.6) is 11.5 Å². The summed E-state index contributed by atoms with van der Waals surface area (Å²) in [5.41, 5.74) is 0.127. The van der Waals surface area contributed by atoms with E-state index in [4.69, 9.17) is 45.3 Å². The predicted octanol–water partition coefficient (Wildman–Crippen LogP) is 6.22. The summed E-state index contributed by atoms with van der Waals surface area (Å²) in [6.45, 7) is 16.1. The number of halogens is 1. The highest BCUT2D eigenvalue weighted by molar-refractivity contribution is 7.14. The van der Waals surface area contributed by atoms with E-state index in [2.05, 4.69) is 27.8 Å². The number of amides is 3. The van der Waals surface area contributed by atoms with Gasteiger partial charge in [-0.1, -0.05) is 45.7 Å². The Hall–Kier alpha value is -4.00. The minimum atomic E-state index is -1.01. The van der Waals surface area contributed by atoms with E-state index in [1.807, 2.05) is 58.2 Å². The fourth-order valence-electron chi connectivity index (χ4n) is 10.4. The number of fused-ring (bicyclic) bond motifs is 2. The third kappa shape index (κ3) is 9.87. The maximum Gasteiger partial charge on any atom is 0.408 e. The molecule has 1 aromatic carbocycles. The number of benzene rings is 1. The number of carbonyl (C=O) groups is 3. The molecule has 354 valence electrons. The van der Waals surface area contributed by atoms with E-state index in [9.17, 15) is 19.5 Å². The van der Waals surface area contributed by atoms with Gasteiger partial charge in [0, 0.05) is 48.9 Å². The normalized spacial score (nSPS) is 30.1. The first-order chi connectivity index (χ1) is 31.1. The summed E-state index contributed by atoms with van der Waals surface area (Å²) in [6, 6.07) is 3.71. The van der Waals surface area contributed by atoms with E-state index in [0.717, 1.165) is 50.4 Å². The minimum absolute atomic E-state index is 0.0494. The Bertz CT molecular complexity index is 2230. The van der Waals surface area contributed by atoms with Crippen molar-refractivity contribution in [3.8, 4) is 22.9 Å².